The summed E-state index contributed by atoms with van der Waals surface area (Å²) in [4.78, 5) is 0. The fraction of sp³-hybridized carbons (Fsp3) is 0.700. The van der Waals surface area contributed by atoms with Crippen LogP contribution >= 0.6 is 0 Å². The first-order chi connectivity index (χ1) is 6.36. The highest BCUT2D eigenvalue weighted by Crippen LogP contribution is 2.13. The molecular formula is C10H17N3. The molecule has 0 aliphatic carbocycles. The predicted molar refractivity (Wildman–Crippen MR) is 52.6 cm³/mol. The molecule has 3 heteroatoms. The quantitative estimate of drug-likeness (QED) is 0.755. The Labute approximate surface area is 79.1 Å². The maximum absolute atomic E-state index is 4.27. The van der Waals surface area contributed by atoms with E-state index in [1.807, 2.05) is 6.20 Å². The van der Waals surface area contributed by atoms with Gasteiger partial charge in [-0.3, -0.25) is 4.68 Å². The third-order valence-corrected chi connectivity index (χ3v) is 2.84. The van der Waals surface area contributed by atoms with E-state index >= 15 is 0 Å². The fourth-order valence-electron chi connectivity index (χ4n) is 1.90. The number of nitrogens with one attached hydrogen (secondary N) is 1. The van der Waals surface area contributed by atoms with Crippen molar-refractivity contribution < 1.29 is 0 Å². The molecule has 1 atom stereocenters. The lowest BCUT2D eigenvalue weighted by Gasteiger charge is -2.08. The van der Waals surface area contributed by atoms with Gasteiger partial charge in [0.25, 0.3) is 0 Å². The summed E-state index contributed by atoms with van der Waals surface area (Å²) in [7, 11) is 0. The van der Waals surface area contributed by atoms with Crippen molar-refractivity contribution in [2.75, 3.05) is 13.1 Å². The van der Waals surface area contributed by atoms with Gasteiger partial charge in [0.05, 0.1) is 0 Å². The summed E-state index contributed by atoms with van der Waals surface area (Å²) < 4.78 is 2.10. The van der Waals surface area contributed by atoms with Crippen LogP contribution in [0.25, 0.3) is 0 Å². The average molecular weight is 179 g/mol. The van der Waals surface area contributed by atoms with Gasteiger partial charge in [0, 0.05) is 18.4 Å². The second kappa shape index (κ2) is 3.92. The lowest BCUT2D eigenvalue weighted by Crippen LogP contribution is -2.12. The smallest absolute Gasteiger partial charge is 0.0492 e. The van der Waals surface area contributed by atoms with Crippen molar-refractivity contribution in [3.8, 4) is 0 Å². The van der Waals surface area contributed by atoms with Gasteiger partial charge in [-0.2, -0.15) is 5.10 Å². The summed E-state index contributed by atoms with van der Waals surface area (Å²) in [5, 5.41) is 7.66. The number of hydrogen-bond acceptors (Lipinski definition) is 2. The largest absolute Gasteiger partial charge is 0.316 e. The van der Waals surface area contributed by atoms with Crippen LogP contribution in [0.15, 0.2) is 12.3 Å². The minimum absolute atomic E-state index is 0.864. The van der Waals surface area contributed by atoms with Gasteiger partial charge in [-0.05, 0) is 44.8 Å². The summed E-state index contributed by atoms with van der Waals surface area (Å²) in [6.07, 6.45) is 4.47. The highest BCUT2D eigenvalue weighted by atomic mass is 15.3. The Bertz CT molecular complexity index is 261. The number of rotatable bonds is 3. The van der Waals surface area contributed by atoms with Crippen molar-refractivity contribution in [2.45, 2.75) is 26.3 Å². The molecule has 72 valence electrons. The van der Waals surface area contributed by atoms with Crippen LogP contribution in [0.2, 0.25) is 0 Å². The SMILES string of the molecule is Cc1ccnn1CCC1CCNC1. The average Bonchev–Trinajstić information content (AvgIpc) is 2.72. The molecule has 2 rings (SSSR count). The first-order valence-electron chi connectivity index (χ1n) is 5.05. The number of aryl methyl sites for hydroxylation is 2. The maximum atomic E-state index is 4.27. The van der Waals surface area contributed by atoms with Gasteiger partial charge in [-0.15, -0.1) is 0 Å². The van der Waals surface area contributed by atoms with Gasteiger partial charge in [0.1, 0.15) is 0 Å². The summed E-state index contributed by atoms with van der Waals surface area (Å²) in [5.74, 6) is 0.864. The van der Waals surface area contributed by atoms with Gasteiger partial charge in [0.15, 0.2) is 0 Å². The molecule has 2 heterocycles. The summed E-state index contributed by atoms with van der Waals surface area (Å²) in [6, 6.07) is 2.06. The Balaban J connectivity index is 1.82. The molecule has 1 aromatic heterocycles. The van der Waals surface area contributed by atoms with Crippen molar-refractivity contribution in [1.29, 1.82) is 0 Å². The number of hydrogen-bond donors (Lipinski definition) is 1. The Morgan fingerprint density at radius 1 is 1.69 bits per heavy atom. The van der Waals surface area contributed by atoms with Crippen LogP contribution in [-0.4, -0.2) is 22.9 Å². The molecule has 1 unspecified atom stereocenters. The van der Waals surface area contributed by atoms with E-state index < -0.39 is 0 Å². The van der Waals surface area contributed by atoms with Crippen LogP contribution in [0.1, 0.15) is 18.5 Å². The Kier molecular flexibility index (Phi) is 2.64. The van der Waals surface area contributed by atoms with Crippen LogP contribution in [0.3, 0.4) is 0 Å². The van der Waals surface area contributed by atoms with Crippen LogP contribution in [0.5, 0.6) is 0 Å². The van der Waals surface area contributed by atoms with Crippen molar-refractivity contribution in [2.24, 2.45) is 5.92 Å². The van der Waals surface area contributed by atoms with Crippen molar-refractivity contribution >= 4 is 0 Å². The standard InChI is InChI=1S/C10H17N3/c1-9-2-6-12-13(9)7-4-10-3-5-11-8-10/h2,6,10-11H,3-5,7-8H2,1H3. The second-order valence-electron chi connectivity index (χ2n) is 3.84. The van der Waals surface area contributed by atoms with Crippen molar-refractivity contribution in [3.05, 3.63) is 18.0 Å². The lowest BCUT2D eigenvalue weighted by atomic mass is 10.1. The Morgan fingerprint density at radius 3 is 3.23 bits per heavy atom. The van der Waals surface area contributed by atoms with Crippen LogP contribution < -0.4 is 5.32 Å². The Morgan fingerprint density at radius 2 is 2.62 bits per heavy atom. The van der Waals surface area contributed by atoms with Gasteiger partial charge in [0.2, 0.25) is 0 Å². The molecule has 1 aliphatic heterocycles. The summed E-state index contributed by atoms with van der Waals surface area (Å²) >= 11 is 0. The van der Waals surface area contributed by atoms with Crippen LogP contribution in [0, 0.1) is 12.8 Å². The second-order valence-corrected chi connectivity index (χ2v) is 3.84. The zero-order valence-corrected chi connectivity index (χ0v) is 8.16. The predicted octanol–water partition coefficient (Wildman–Crippen LogP) is 1.19. The highest BCUT2D eigenvalue weighted by molar-refractivity contribution is 4.96. The van der Waals surface area contributed by atoms with E-state index in [0.717, 1.165) is 12.5 Å². The van der Waals surface area contributed by atoms with E-state index in [1.165, 1.54) is 31.6 Å². The highest BCUT2D eigenvalue weighted by Gasteiger charge is 2.14. The van der Waals surface area contributed by atoms with E-state index in [4.69, 9.17) is 0 Å². The molecular weight excluding hydrogens is 162 g/mol. The Hall–Kier alpha value is -0.830. The molecule has 1 aliphatic rings. The van der Waals surface area contributed by atoms with Gasteiger partial charge in [-0.25, -0.2) is 0 Å². The molecule has 1 saturated heterocycles. The van der Waals surface area contributed by atoms with E-state index in [2.05, 4.69) is 28.1 Å². The third-order valence-electron chi connectivity index (χ3n) is 2.84. The molecule has 0 spiro atoms. The molecule has 0 aromatic carbocycles. The van der Waals surface area contributed by atoms with Crippen LogP contribution in [0.4, 0.5) is 0 Å². The zero-order valence-electron chi connectivity index (χ0n) is 8.16. The first-order valence-corrected chi connectivity index (χ1v) is 5.05. The number of nitrogens with zero attached hydrogens (tertiary/aromatic N) is 2. The van der Waals surface area contributed by atoms with Crippen molar-refractivity contribution in [1.82, 2.24) is 15.1 Å². The van der Waals surface area contributed by atoms with Gasteiger partial charge >= 0.3 is 0 Å². The minimum Gasteiger partial charge on any atom is -0.316 e. The summed E-state index contributed by atoms with van der Waals surface area (Å²) in [6.45, 7) is 5.58. The van der Waals surface area contributed by atoms with Gasteiger partial charge in [-0.1, -0.05) is 0 Å². The van der Waals surface area contributed by atoms with Crippen molar-refractivity contribution in [3.63, 3.8) is 0 Å². The number of aromatic nitrogens is 2. The van der Waals surface area contributed by atoms with E-state index in [0.29, 0.717) is 0 Å². The monoisotopic (exact) mass is 179 g/mol. The normalized spacial score (nSPS) is 22.4. The van der Waals surface area contributed by atoms with E-state index in [-0.39, 0.29) is 0 Å². The molecule has 1 N–H and O–H groups in total. The first kappa shape index (κ1) is 8.75. The molecule has 13 heavy (non-hydrogen) atoms. The third kappa shape index (κ3) is 2.10. The molecule has 0 saturated carbocycles. The lowest BCUT2D eigenvalue weighted by molar-refractivity contribution is 0.453. The molecule has 0 bridgehead atoms. The zero-order chi connectivity index (χ0) is 9.10. The minimum atomic E-state index is 0.864. The van der Waals surface area contributed by atoms with Gasteiger partial charge < -0.3 is 5.32 Å². The molecule has 0 radical (unpaired) electrons. The van der Waals surface area contributed by atoms with E-state index in [9.17, 15) is 0 Å². The maximum Gasteiger partial charge on any atom is 0.0492 e. The summed E-state index contributed by atoms with van der Waals surface area (Å²) in [5.41, 5.74) is 1.27. The van der Waals surface area contributed by atoms with Crippen LogP contribution in [-0.2, 0) is 6.54 Å². The van der Waals surface area contributed by atoms with E-state index in [1.54, 1.807) is 0 Å². The topological polar surface area (TPSA) is 29.9 Å². The molecule has 1 aromatic rings. The molecule has 1 fully saturated rings. The fourth-order valence-corrected chi connectivity index (χ4v) is 1.90. The molecule has 3 nitrogen and oxygen atoms in total. The molecule has 0 amide bonds.